The summed E-state index contributed by atoms with van der Waals surface area (Å²) in [4.78, 5) is 25.0. The first-order valence-electron chi connectivity index (χ1n) is 9.38. The molecule has 1 aliphatic rings. The van der Waals surface area contributed by atoms with Crippen molar-refractivity contribution in [2.24, 2.45) is 7.05 Å². The van der Waals surface area contributed by atoms with Gasteiger partial charge in [0.25, 0.3) is 5.91 Å². The van der Waals surface area contributed by atoms with E-state index in [9.17, 15) is 9.59 Å². The number of nitrogens with zero attached hydrogens (tertiary/aromatic N) is 3. The fourth-order valence-electron chi connectivity index (χ4n) is 3.29. The predicted molar refractivity (Wildman–Crippen MR) is 116 cm³/mol. The molecule has 1 amide bonds. The molecule has 3 aromatic rings. The number of nitrogens with one attached hydrogen (secondary N) is 2. The lowest BCUT2D eigenvalue weighted by Gasteiger charge is -2.36. The minimum Gasteiger partial charge on any atom is -0.488 e. The fourth-order valence-corrected chi connectivity index (χ4v) is 4.47. The summed E-state index contributed by atoms with van der Waals surface area (Å²) in [6.45, 7) is 0. The van der Waals surface area contributed by atoms with E-state index >= 15 is 0 Å². The number of anilines is 2. The molecule has 164 valence electrons. The first-order chi connectivity index (χ1) is 14.9. The third-order valence-electron chi connectivity index (χ3n) is 5.06. The number of carbonyl (C=O) groups is 1. The molecule has 4 rings (SSSR count). The van der Waals surface area contributed by atoms with E-state index in [1.807, 2.05) is 11.6 Å². The average Bonchev–Trinajstić information content (AvgIpc) is 3.30. The summed E-state index contributed by atoms with van der Waals surface area (Å²) in [5.41, 5.74) is 0.291. The largest absolute Gasteiger partial charge is 0.488 e. The highest BCUT2D eigenvalue weighted by Crippen LogP contribution is 2.33. The highest BCUT2D eigenvalue weighted by atomic mass is 35.5. The third-order valence-corrected chi connectivity index (χ3v) is 6.21. The molecule has 0 radical (unpaired) electrons. The van der Waals surface area contributed by atoms with Crippen LogP contribution in [0.15, 0.2) is 27.5 Å². The fraction of sp³-hybridized carbons (Fsp3) is 0.368. The number of hydrogen-bond acceptors (Lipinski definition) is 9. The van der Waals surface area contributed by atoms with Gasteiger partial charge in [-0.25, -0.2) is 4.79 Å². The van der Waals surface area contributed by atoms with Gasteiger partial charge in [-0.1, -0.05) is 22.9 Å². The van der Waals surface area contributed by atoms with Gasteiger partial charge in [0.2, 0.25) is 10.9 Å². The molecule has 12 heteroatoms. The van der Waals surface area contributed by atoms with Gasteiger partial charge in [0.1, 0.15) is 0 Å². The molecule has 0 aliphatic heterocycles. The van der Waals surface area contributed by atoms with Gasteiger partial charge in [-0.05, 0) is 18.9 Å². The molecule has 31 heavy (non-hydrogen) atoms. The molecule has 2 N–H and O–H groups in total. The standard InChI is InChI=1S/C19H20ClN5O5S/c1-25-7-6-9(20)14(25)17-23-24-19(31-17)22-16(26)13-8-11(15(29-3)18(27)30-13)21-10-4-5-12(10)28-2/h6-8,10,12,21H,4-5H2,1-3H3,(H,22,24,26)/t10-,12+/m0/s1. The Kier molecular flexibility index (Phi) is 5.99. The van der Waals surface area contributed by atoms with Crippen LogP contribution in [-0.2, 0) is 11.8 Å². The Morgan fingerprint density at radius 1 is 1.35 bits per heavy atom. The van der Waals surface area contributed by atoms with Crippen LogP contribution in [0.4, 0.5) is 10.8 Å². The molecule has 3 heterocycles. The van der Waals surface area contributed by atoms with Crippen LogP contribution in [0.1, 0.15) is 23.4 Å². The van der Waals surface area contributed by atoms with Crippen LogP contribution < -0.4 is 21.0 Å². The summed E-state index contributed by atoms with van der Waals surface area (Å²) in [6, 6.07) is 3.18. The van der Waals surface area contributed by atoms with Crippen molar-refractivity contribution in [2.75, 3.05) is 24.9 Å². The highest BCUT2D eigenvalue weighted by molar-refractivity contribution is 7.18. The van der Waals surface area contributed by atoms with Crippen molar-refractivity contribution in [1.29, 1.82) is 0 Å². The molecule has 0 bridgehead atoms. The molecule has 10 nitrogen and oxygen atoms in total. The number of aromatic nitrogens is 3. The van der Waals surface area contributed by atoms with Crippen LogP contribution in [0, 0.1) is 0 Å². The van der Waals surface area contributed by atoms with Crippen molar-refractivity contribution in [3.63, 3.8) is 0 Å². The molecule has 0 unspecified atom stereocenters. The van der Waals surface area contributed by atoms with E-state index in [-0.39, 0.29) is 28.8 Å². The van der Waals surface area contributed by atoms with Gasteiger partial charge in [0, 0.05) is 26.4 Å². The minimum atomic E-state index is -0.764. The number of aryl methyl sites for hydroxylation is 1. The van der Waals surface area contributed by atoms with E-state index in [0.29, 0.717) is 21.4 Å². The van der Waals surface area contributed by atoms with E-state index in [0.717, 1.165) is 24.2 Å². The van der Waals surface area contributed by atoms with E-state index in [1.165, 1.54) is 13.2 Å². The van der Waals surface area contributed by atoms with Gasteiger partial charge in [-0.15, -0.1) is 10.2 Å². The predicted octanol–water partition coefficient (Wildman–Crippen LogP) is 3.00. The molecule has 0 aromatic carbocycles. The molecule has 1 aliphatic carbocycles. The lowest BCUT2D eigenvalue weighted by molar-refractivity contribution is 0.0285. The molecular weight excluding hydrogens is 446 g/mol. The van der Waals surface area contributed by atoms with Crippen LogP contribution >= 0.6 is 22.9 Å². The lowest BCUT2D eigenvalue weighted by atomic mass is 9.89. The summed E-state index contributed by atoms with van der Waals surface area (Å²) in [7, 11) is 4.83. The van der Waals surface area contributed by atoms with E-state index < -0.39 is 11.5 Å². The minimum absolute atomic E-state index is 0.00476. The van der Waals surface area contributed by atoms with Crippen molar-refractivity contribution >= 4 is 39.7 Å². The maximum atomic E-state index is 12.7. The quantitative estimate of drug-likeness (QED) is 0.546. The average molecular weight is 466 g/mol. The number of methoxy groups -OCH3 is 2. The van der Waals surface area contributed by atoms with Gasteiger partial charge >= 0.3 is 5.63 Å². The zero-order valence-electron chi connectivity index (χ0n) is 17.0. The van der Waals surface area contributed by atoms with Gasteiger partial charge in [-0.2, -0.15) is 0 Å². The Bertz CT molecular complexity index is 1150. The monoisotopic (exact) mass is 465 g/mol. The molecule has 3 aromatic heterocycles. The SMILES string of the molecule is COc1c(N[C@H]2CC[C@H]2OC)cc(C(=O)Nc2nnc(-c3c(Cl)ccn3C)s2)oc1=O. The Balaban J connectivity index is 1.55. The topological polar surface area (TPSA) is 121 Å². The summed E-state index contributed by atoms with van der Waals surface area (Å²) in [5.74, 6) is -0.828. The smallest absolute Gasteiger partial charge is 0.381 e. The number of ether oxygens (including phenoxy) is 2. The van der Waals surface area contributed by atoms with E-state index in [2.05, 4.69) is 20.8 Å². The molecule has 0 spiro atoms. The normalized spacial score (nSPS) is 17.8. The Morgan fingerprint density at radius 3 is 2.77 bits per heavy atom. The second-order valence-electron chi connectivity index (χ2n) is 6.94. The number of amides is 1. The van der Waals surface area contributed by atoms with E-state index in [1.54, 1.807) is 19.4 Å². The lowest BCUT2D eigenvalue weighted by Crippen LogP contribution is -2.44. The van der Waals surface area contributed by atoms with Gasteiger partial charge in [0.05, 0.1) is 35.7 Å². The zero-order valence-corrected chi connectivity index (χ0v) is 18.5. The summed E-state index contributed by atoms with van der Waals surface area (Å²) in [6.07, 6.45) is 3.61. The van der Waals surface area contributed by atoms with Gasteiger partial charge < -0.3 is 23.8 Å². The summed E-state index contributed by atoms with van der Waals surface area (Å²) < 4.78 is 17.5. The number of hydrogen-bond donors (Lipinski definition) is 2. The molecule has 1 fully saturated rings. The summed E-state index contributed by atoms with van der Waals surface area (Å²) >= 11 is 7.33. The van der Waals surface area contributed by atoms with Crippen LogP contribution in [0.2, 0.25) is 5.02 Å². The second-order valence-corrected chi connectivity index (χ2v) is 8.32. The van der Waals surface area contributed by atoms with Gasteiger partial charge in [0.15, 0.2) is 10.8 Å². The first-order valence-corrected chi connectivity index (χ1v) is 10.6. The molecule has 2 atom stereocenters. The first kappa shape index (κ1) is 21.3. The summed E-state index contributed by atoms with van der Waals surface area (Å²) in [5, 5.41) is 15.2. The zero-order chi connectivity index (χ0) is 22.1. The van der Waals surface area contributed by atoms with Gasteiger partial charge in [-0.3, -0.25) is 10.1 Å². The van der Waals surface area contributed by atoms with Crippen molar-refractivity contribution < 1.29 is 18.7 Å². The Morgan fingerprint density at radius 2 is 2.16 bits per heavy atom. The van der Waals surface area contributed by atoms with E-state index in [4.69, 9.17) is 25.5 Å². The van der Waals surface area contributed by atoms with Crippen molar-refractivity contribution in [3.05, 3.63) is 39.5 Å². The van der Waals surface area contributed by atoms with Crippen LogP contribution in [0.3, 0.4) is 0 Å². The van der Waals surface area contributed by atoms with Crippen molar-refractivity contribution in [1.82, 2.24) is 14.8 Å². The molecule has 1 saturated carbocycles. The highest BCUT2D eigenvalue weighted by Gasteiger charge is 2.32. The molecular formula is C19H20ClN5O5S. The second kappa shape index (κ2) is 8.69. The molecule has 0 saturated heterocycles. The Hall–Kier alpha value is -2.89. The van der Waals surface area contributed by atoms with Crippen LogP contribution in [-0.4, -0.2) is 47.0 Å². The maximum absolute atomic E-state index is 12.7. The van der Waals surface area contributed by atoms with Crippen LogP contribution in [0.25, 0.3) is 10.7 Å². The number of halogens is 1. The number of carbonyl (C=O) groups excluding carboxylic acids is 1. The maximum Gasteiger partial charge on any atom is 0.381 e. The number of rotatable bonds is 7. The van der Waals surface area contributed by atoms with Crippen molar-refractivity contribution in [3.8, 4) is 16.5 Å². The third kappa shape index (κ3) is 4.16. The van der Waals surface area contributed by atoms with Crippen LogP contribution in [0.5, 0.6) is 5.75 Å². The van der Waals surface area contributed by atoms with Crippen molar-refractivity contribution in [2.45, 2.75) is 25.0 Å². The Labute approximate surface area is 186 Å².